The summed E-state index contributed by atoms with van der Waals surface area (Å²) in [6.07, 6.45) is 2.99. The lowest BCUT2D eigenvalue weighted by Crippen LogP contribution is -2.51. The van der Waals surface area contributed by atoms with Gasteiger partial charge in [0.25, 0.3) is 0 Å². The summed E-state index contributed by atoms with van der Waals surface area (Å²) < 4.78 is 10.6. The molecule has 184 valence electrons. The number of hydrogen-bond donors (Lipinski definition) is 1. The highest BCUT2D eigenvalue weighted by Gasteiger charge is 2.39. The molecular weight excluding hydrogens is 434 g/mol. The third-order valence-corrected chi connectivity index (χ3v) is 6.33. The lowest BCUT2D eigenvalue weighted by atomic mass is 9.91. The number of nitrogens with zero attached hydrogens (tertiary/aromatic N) is 2. The summed E-state index contributed by atoms with van der Waals surface area (Å²) >= 11 is 0. The van der Waals surface area contributed by atoms with Crippen LogP contribution < -0.4 is 5.32 Å². The summed E-state index contributed by atoms with van der Waals surface area (Å²) in [5.41, 5.74) is 2.88. The minimum absolute atomic E-state index is 0.117. The van der Waals surface area contributed by atoms with Gasteiger partial charge < -0.3 is 14.8 Å². The van der Waals surface area contributed by atoms with Crippen molar-refractivity contribution in [2.75, 3.05) is 39.4 Å². The van der Waals surface area contributed by atoms with Crippen LogP contribution in [0.3, 0.4) is 0 Å². The van der Waals surface area contributed by atoms with Gasteiger partial charge in [-0.3, -0.25) is 14.6 Å². The van der Waals surface area contributed by atoms with Crippen molar-refractivity contribution in [1.82, 2.24) is 15.1 Å². The van der Waals surface area contributed by atoms with Gasteiger partial charge in [0.15, 0.2) is 0 Å². The van der Waals surface area contributed by atoms with Gasteiger partial charge in [-0.25, -0.2) is 9.59 Å². The number of hydrogen-bond acceptors (Lipinski definition) is 6. The Balaban J connectivity index is 1.97. The average Bonchev–Trinajstić information content (AvgIpc) is 2.82. The van der Waals surface area contributed by atoms with Crippen LogP contribution in [-0.4, -0.2) is 67.2 Å². The van der Waals surface area contributed by atoms with Gasteiger partial charge in [0, 0.05) is 18.8 Å². The minimum Gasteiger partial charge on any atom is -0.466 e. The first-order chi connectivity index (χ1) is 16.4. The van der Waals surface area contributed by atoms with Crippen molar-refractivity contribution in [2.24, 2.45) is 5.92 Å². The fraction of sp³-hybridized carbons (Fsp3) is 0.500. The smallest absolute Gasteiger partial charge is 0.338 e. The number of piperidine rings is 1. The van der Waals surface area contributed by atoms with Crippen LogP contribution in [0.15, 0.2) is 48.2 Å². The van der Waals surface area contributed by atoms with Gasteiger partial charge in [0.2, 0.25) is 0 Å². The fourth-order valence-corrected chi connectivity index (χ4v) is 4.59. The molecule has 1 unspecified atom stereocenters. The van der Waals surface area contributed by atoms with Crippen molar-refractivity contribution < 1.29 is 23.9 Å². The van der Waals surface area contributed by atoms with Gasteiger partial charge in [0.1, 0.15) is 0 Å². The van der Waals surface area contributed by atoms with E-state index in [1.54, 1.807) is 17.9 Å². The quantitative estimate of drug-likeness (QED) is 0.441. The van der Waals surface area contributed by atoms with Crippen LogP contribution in [0, 0.1) is 12.8 Å². The van der Waals surface area contributed by atoms with Crippen molar-refractivity contribution in [1.29, 1.82) is 0 Å². The molecule has 3 rings (SSSR count). The van der Waals surface area contributed by atoms with E-state index in [1.165, 1.54) is 0 Å². The Hall–Kier alpha value is -3.13. The molecule has 1 fully saturated rings. The molecule has 1 atom stereocenters. The average molecular weight is 470 g/mol. The first-order valence-electron chi connectivity index (χ1n) is 11.9. The second kappa shape index (κ2) is 11.8. The number of nitrogens with one attached hydrogen (secondary N) is 1. The van der Waals surface area contributed by atoms with Crippen LogP contribution >= 0.6 is 0 Å². The van der Waals surface area contributed by atoms with Crippen LogP contribution in [0.5, 0.6) is 0 Å². The lowest BCUT2D eigenvalue weighted by Gasteiger charge is -2.39. The zero-order valence-electron chi connectivity index (χ0n) is 20.3. The zero-order valence-corrected chi connectivity index (χ0v) is 20.3. The molecule has 0 aromatic heterocycles. The molecular formula is C26H35N3O5. The lowest BCUT2D eigenvalue weighted by molar-refractivity contribution is -0.149. The van der Waals surface area contributed by atoms with Gasteiger partial charge in [-0.2, -0.15) is 0 Å². The molecule has 8 nitrogen and oxygen atoms in total. The summed E-state index contributed by atoms with van der Waals surface area (Å²) in [6, 6.07) is 6.81. The molecule has 2 aliphatic heterocycles. The Morgan fingerprint density at radius 3 is 2.44 bits per heavy atom. The number of urea groups is 1. The maximum absolute atomic E-state index is 13.3. The molecule has 8 heteroatoms. The molecule has 2 aliphatic rings. The molecule has 2 heterocycles. The number of esters is 2. The highest BCUT2D eigenvalue weighted by molar-refractivity contribution is 5.95. The third kappa shape index (κ3) is 5.67. The first kappa shape index (κ1) is 25.5. The van der Waals surface area contributed by atoms with Crippen molar-refractivity contribution in [3.63, 3.8) is 0 Å². The molecule has 34 heavy (non-hydrogen) atoms. The molecule has 1 saturated heterocycles. The van der Waals surface area contributed by atoms with E-state index in [2.05, 4.69) is 16.8 Å². The topological polar surface area (TPSA) is 88.2 Å². The van der Waals surface area contributed by atoms with E-state index in [0.29, 0.717) is 50.4 Å². The molecule has 0 saturated carbocycles. The Bertz CT molecular complexity index is 950. The number of amides is 2. The third-order valence-electron chi connectivity index (χ3n) is 6.33. The number of ether oxygens (including phenoxy) is 2. The number of benzene rings is 1. The molecule has 0 radical (unpaired) electrons. The number of carbonyl (C=O) groups excluding carboxylic acids is 3. The van der Waals surface area contributed by atoms with Crippen molar-refractivity contribution in [2.45, 2.75) is 39.7 Å². The van der Waals surface area contributed by atoms with Crippen LogP contribution in [0.4, 0.5) is 4.79 Å². The van der Waals surface area contributed by atoms with Crippen LogP contribution in [-0.2, 0) is 19.1 Å². The Labute approximate surface area is 201 Å². The Morgan fingerprint density at radius 1 is 1.15 bits per heavy atom. The van der Waals surface area contributed by atoms with Gasteiger partial charge in [-0.05, 0) is 57.8 Å². The standard InChI is InChI=1S/C26H35N3O5/c1-5-14-29-21(17-28-15-12-19(13-16-28)24(30)33-6-2)22(25(31)34-7-3)23(27-26(29)32)20-11-9-8-10-18(20)4/h5,8-11,19,23H,1,6-7,12-17H2,2-4H3,(H,27,32). The number of likely N-dealkylation sites (tertiary alicyclic amines) is 1. The largest absolute Gasteiger partial charge is 0.466 e. The van der Waals surface area contributed by atoms with Crippen LogP contribution in [0.1, 0.15) is 43.9 Å². The summed E-state index contributed by atoms with van der Waals surface area (Å²) in [5, 5.41) is 3.00. The highest BCUT2D eigenvalue weighted by atomic mass is 16.5. The molecule has 1 aromatic carbocycles. The minimum atomic E-state index is -0.610. The van der Waals surface area contributed by atoms with E-state index < -0.39 is 12.0 Å². The second-order valence-corrected chi connectivity index (χ2v) is 8.52. The van der Waals surface area contributed by atoms with E-state index >= 15 is 0 Å². The molecule has 0 spiro atoms. The second-order valence-electron chi connectivity index (χ2n) is 8.52. The van der Waals surface area contributed by atoms with E-state index in [4.69, 9.17) is 9.47 Å². The SMILES string of the molecule is C=CCN1C(=O)NC(c2ccccc2C)C(C(=O)OCC)=C1CN1CCC(C(=O)OCC)CC1. The van der Waals surface area contributed by atoms with Crippen molar-refractivity contribution >= 4 is 18.0 Å². The zero-order chi connectivity index (χ0) is 24.7. The fourth-order valence-electron chi connectivity index (χ4n) is 4.59. The first-order valence-corrected chi connectivity index (χ1v) is 11.9. The van der Waals surface area contributed by atoms with E-state index in [9.17, 15) is 14.4 Å². The van der Waals surface area contributed by atoms with E-state index in [1.807, 2.05) is 38.1 Å². The molecule has 0 bridgehead atoms. The van der Waals surface area contributed by atoms with Gasteiger partial charge in [0.05, 0.1) is 30.7 Å². The van der Waals surface area contributed by atoms with Gasteiger partial charge >= 0.3 is 18.0 Å². The molecule has 1 aromatic rings. The van der Waals surface area contributed by atoms with Crippen molar-refractivity contribution in [3.8, 4) is 0 Å². The van der Waals surface area contributed by atoms with Crippen LogP contribution in [0.25, 0.3) is 0 Å². The van der Waals surface area contributed by atoms with Gasteiger partial charge in [-0.1, -0.05) is 30.3 Å². The summed E-state index contributed by atoms with van der Waals surface area (Å²) in [4.78, 5) is 42.3. The molecule has 0 aliphatic carbocycles. The normalized spacial score (nSPS) is 19.6. The maximum atomic E-state index is 13.3. The van der Waals surface area contributed by atoms with Crippen LogP contribution in [0.2, 0.25) is 0 Å². The predicted octanol–water partition coefficient (Wildman–Crippen LogP) is 3.34. The van der Waals surface area contributed by atoms with E-state index in [-0.39, 0.29) is 31.1 Å². The number of aryl methyl sites for hydroxylation is 1. The van der Waals surface area contributed by atoms with Crippen molar-refractivity contribution in [3.05, 3.63) is 59.3 Å². The maximum Gasteiger partial charge on any atom is 0.338 e. The monoisotopic (exact) mass is 469 g/mol. The highest BCUT2D eigenvalue weighted by Crippen LogP contribution is 2.34. The summed E-state index contributed by atoms with van der Waals surface area (Å²) in [5.74, 6) is -0.715. The molecule has 2 amide bonds. The summed E-state index contributed by atoms with van der Waals surface area (Å²) in [6.45, 7) is 11.9. The Morgan fingerprint density at radius 2 is 1.82 bits per heavy atom. The number of rotatable bonds is 9. The Kier molecular flexibility index (Phi) is 8.87. The molecule has 1 N–H and O–H groups in total. The predicted molar refractivity (Wildman–Crippen MR) is 129 cm³/mol. The van der Waals surface area contributed by atoms with E-state index in [0.717, 1.165) is 11.1 Å². The number of carbonyl (C=O) groups is 3. The summed E-state index contributed by atoms with van der Waals surface area (Å²) in [7, 11) is 0. The van der Waals surface area contributed by atoms with Gasteiger partial charge in [-0.15, -0.1) is 6.58 Å².